The zero-order valence-electron chi connectivity index (χ0n) is 49.2. The van der Waals surface area contributed by atoms with Crippen LogP contribution in [0, 0.1) is 0 Å². The second-order valence-corrected chi connectivity index (χ2v) is 27.6. The van der Waals surface area contributed by atoms with Gasteiger partial charge in [0.05, 0.1) is 22.3 Å². The van der Waals surface area contributed by atoms with Gasteiger partial charge in [-0.3, -0.25) is 9.59 Å². The van der Waals surface area contributed by atoms with Crippen molar-refractivity contribution in [3.05, 3.63) is 87.5 Å². The Morgan fingerprint density at radius 1 is 0.224 bits per heavy atom. The maximum absolute atomic E-state index is 15.9. The van der Waals surface area contributed by atoms with Crippen molar-refractivity contribution < 1.29 is 9.59 Å². The molecule has 0 aliphatic heterocycles. The second-order valence-electron chi connectivity index (χ2n) is 23.0. The fourth-order valence-electron chi connectivity index (χ4n) is 11.4. The lowest BCUT2D eigenvalue weighted by atomic mass is 9.81. The molecule has 0 N–H and O–H groups in total. The molecular weight excluding hydrogens is 1000 g/mol. The summed E-state index contributed by atoms with van der Waals surface area (Å²) in [6.45, 7) is 9.18. The molecule has 5 rings (SSSR count). The van der Waals surface area contributed by atoms with Crippen molar-refractivity contribution in [2.45, 2.75) is 310 Å². The topological polar surface area (TPSA) is 34.1 Å². The van der Waals surface area contributed by atoms with E-state index in [-0.39, 0.29) is 11.6 Å². The van der Waals surface area contributed by atoms with Crippen LogP contribution in [0.1, 0.15) is 324 Å². The Labute approximate surface area is 483 Å². The van der Waals surface area contributed by atoms with Gasteiger partial charge in [0, 0.05) is 39.0 Å². The molecule has 0 saturated heterocycles. The minimum atomic E-state index is 0.0403. The minimum Gasteiger partial charge on any atom is -0.288 e. The number of carbonyl (C=O) groups excluding carboxylic acids is 2. The highest BCUT2D eigenvalue weighted by Gasteiger charge is 2.39. The smallest absolute Gasteiger partial charge is 0.197 e. The Morgan fingerprint density at radius 3 is 0.553 bits per heavy atom. The maximum atomic E-state index is 15.9. The molecule has 0 saturated carbocycles. The Bertz CT molecular complexity index is 1900. The van der Waals surface area contributed by atoms with Gasteiger partial charge in [-0.05, 0) is 99.9 Å². The molecule has 424 valence electrons. The van der Waals surface area contributed by atoms with Gasteiger partial charge in [0.1, 0.15) is 0 Å². The zero-order valence-corrected chi connectivity index (χ0v) is 52.4. The van der Waals surface area contributed by atoms with Gasteiger partial charge in [-0.1, -0.05) is 259 Å². The minimum absolute atomic E-state index is 0.0403. The van der Waals surface area contributed by atoms with Crippen LogP contribution >= 0.6 is 45.3 Å². The number of hydrogen-bond donors (Lipinski definition) is 0. The first-order valence-corrected chi connectivity index (χ1v) is 35.7. The molecule has 0 bridgehead atoms. The van der Waals surface area contributed by atoms with E-state index in [9.17, 15) is 0 Å². The Morgan fingerprint density at radius 2 is 0.382 bits per heavy atom. The fourth-order valence-corrected chi connectivity index (χ4v) is 15.8. The van der Waals surface area contributed by atoms with E-state index in [1.54, 1.807) is 45.3 Å². The summed E-state index contributed by atoms with van der Waals surface area (Å²) in [5, 5.41) is 0. The van der Waals surface area contributed by atoms with E-state index in [4.69, 9.17) is 0 Å². The molecule has 4 aromatic rings. The lowest BCUT2D eigenvalue weighted by Gasteiger charge is -2.22. The number of unbranched alkanes of at least 4 members (excludes halogenated alkanes) is 36. The first kappa shape index (κ1) is 64.4. The molecule has 6 heteroatoms. The maximum Gasteiger partial charge on any atom is 0.197 e. The fraction of sp³-hybridized carbons (Fsp3) is 0.686. The van der Waals surface area contributed by atoms with Crippen LogP contribution in [-0.2, 0) is 35.3 Å². The highest BCUT2D eigenvalue weighted by Crippen LogP contribution is 2.49. The van der Waals surface area contributed by atoms with Crippen molar-refractivity contribution in [1.29, 1.82) is 0 Å². The van der Waals surface area contributed by atoms with Crippen LogP contribution in [0.25, 0.3) is 22.3 Å². The molecule has 4 aromatic heterocycles. The van der Waals surface area contributed by atoms with E-state index >= 15 is 9.59 Å². The van der Waals surface area contributed by atoms with Crippen LogP contribution < -0.4 is 0 Å². The van der Waals surface area contributed by atoms with Crippen molar-refractivity contribution in [2.75, 3.05) is 0 Å². The number of ketones is 2. The number of thiophene rings is 4. The van der Waals surface area contributed by atoms with Gasteiger partial charge in [0.2, 0.25) is 0 Å². The number of rotatable bonds is 48. The molecule has 1 aliphatic carbocycles. The monoisotopic (exact) mass is 1110 g/mol. The SMILES string of the molecule is CCCCCCCCCCCCc1ccc(C2=C(c3ccc(CCCCCCCCCCCC)s3)C(=O)C(c3ccc(CCCCCCCCCCCC)s3)=C(c3ccc(CCCCCCCCCCCC)s3)C2=O)s1. The third-order valence-electron chi connectivity index (χ3n) is 16.1. The van der Waals surface area contributed by atoms with Gasteiger partial charge in [0.15, 0.2) is 11.6 Å². The third-order valence-corrected chi connectivity index (χ3v) is 20.8. The van der Waals surface area contributed by atoms with Crippen LogP contribution in [-0.4, -0.2) is 11.6 Å². The van der Waals surface area contributed by atoms with E-state index in [1.807, 2.05) is 0 Å². The van der Waals surface area contributed by atoms with Gasteiger partial charge in [0.25, 0.3) is 0 Å². The molecule has 0 amide bonds. The van der Waals surface area contributed by atoms with E-state index in [2.05, 4.69) is 76.2 Å². The van der Waals surface area contributed by atoms with Crippen molar-refractivity contribution in [2.24, 2.45) is 0 Å². The summed E-state index contributed by atoms with van der Waals surface area (Å²) in [5.41, 5.74) is 2.56. The van der Waals surface area contributed by atoms with Crippen LogP contribution in [0.4, 0.5) is 0 Å². The molecular formula is C70H108O2S4. The summed E-state index contributed by atoms with van der Waals surface area (Å²) in [4.78, 5) is 40.9. The molecule has 76 heavy (non-hydrogen) atoms. The molecule has 0 spiro atoms. The molecule has 1 aliphatic rings. The first-order valence-electron chi connectivity index (χ1n) is 32.4. The van der Waals surface area contributed by atoms with Crippen LogP contribution in [0.2, 0.25) is 0 Å². The quantitative estimate of drug-likeness (QED) is 0.0326. The summed E-state index contributed by atoms with van der Waals surface area (Å²) in [5.74, 6) is 0.0807. The van der Waals surface area contributed by atoms with Gasteiger partial charge < -0.3 is 0 Å². The molecule has 0 unspecified atom stereocenters. The van der Waals surface area contributed by atoms with Crippen LogP contribution in [0.5, 0.6) is 0 Å². The summed E-state index contributed by atoms with van der Waals surface area (Å²) < 4.78 is 0. The molecule has 2 nitrogen and oxygen atoms in total. The van der Waals surface area contributed by atoms with Gasteiger partial charge in [-0.2, -0.15) is 0 Å². The largest absolute Gasteiger partial charge is 0.288 e. The Hall–Kier alpha value is -2.38. The molecule has 0 atom stereocenters. The third kappa shape index (κ3) is 24.1. The van der Waals surface area contributed by atoms with Gasteiger partial charge >= 0.3 is 0 Å². The van der Waals surface area contributed by atoms with E-state index in [0.29, 0.717) is 22.3 Å². The standard InChI is InChI=1S/C70H108O2S4/c1-5-9-13-17-21-25-29-33-37-41-45-57-49-53-61(73-57)65-66(62-54-50-58(74-62)46-42-38-34-30-26-22-18-14-10-6-2)70(72)68(64-56-52-60(76-64)48-44-40-36-32-28-24-20-16-12-8-4)67(69(65)71)63-55-51-59(75-63)47-43-39-35-31-27-23-19-15-11-7-3/h49-56H,5-48H2,1-4H3. The summed E-state index contributed by atoms with van der Waals surface area (Å²) >= 11 is 7.05. The predicted octanol–water partition coefficient (Wildman–Crippen LogP) is 24.5. The predicted molar refractivity (Wildman–Crippen MR) is 343 cm³/mol. The van der Waals surface area contributed by atoms with E-state index < -0.39 is 0 Å². The first-order chi connectivity index (χ1) is 37.5. The average molecular weight is 1110 g/mol. The summed E-state index contributed by atoms with van der Waals surface area (Å²) in [7, 11) is 0. The highest BCUT2D eigenvalue weighted by atomic mass is 32.1. The lowest BCUT2D eigenvalue weighted by molar-refractivity contribution is -0.111. The average Bonchev–Trinajstić information content (AvgIpc) is 4.30. The molecule has 4 heterocycles. The zero-order chi connectivity index (χ0) is 53.7. The normalized spacial score (nSPS) is 13.2. The number of hydrogen-bond acceptors (Lipinski definition) is 6. The number of carbonyl (C=O) groups is 2. The summed E-state index contributed by atoms with van der Waals surface area (Å²) in [6, 6.07) is 17.8. The summed E-state index contributed by atoms with van der Waals surface area (Å²) in [6.07, 6.45) is 57.2. The number of aryl methyl sites for hydroxylation is 4. The Balaban J connectivity index is 1.36. The van der Waals surface area contributed by atoms with Crippen molar-refractivity contribution in [3.63, 3.8) is 0 Å². The van der Waals surface area contributed by atoms with E-state index in [1.165, 1.54) is 276 Å². The lowest BCUT2D eigenvalue weighted by Crippen LogP contribution is -2.20. The van der Waals surface area contributed by atoms with Gasteiger partial charge in [-0.25, -0.2) is 0 Å². The second kappa shape index (κ2) is 40.7. The Kier molecular flexibility index (Phi) is 34.5. The molecule has 0 aromatic carbocycles. The number of Topliss-reactive ketones (excluding diaryl/α,β-unsaturated/α-hetero) is 2. The van der Waals surface area contributed by atoms with E-state index in [0.717, 1.165) is 45.2 Å². The number of allylic oxidation sites excluding steroid dienone is 4. The van der Waals surface area contributed by atoms with Gasteiger partial charge in [-0.15, -0.1) is 45.3 Å². The molecule has 0 fully saturated rings. The van der Waals surface area contributed by atoms with Crippen LogP contribution in [0.3, 0.4) is 0 Å². The van der Waals surface area contributed by atoms with Crippen molar-refractivity contribution >= 4 is 79.2 Å². The molecule has 0 radical (unpaired) electrons. The van der Waals surface area contributed by atoms with Crippen molar-refractivity contribution in [1.82, 2.24) is 0 Å². The van der Waals surface area contributed by atoms with Crippen LogP contribution in [0.15, 0.2) is 48.5 Å². The highest BCUT2D eigenvalue weighted by molar-refractivity contribution is 7.17. The van der Waals surface area contributed by atoms with Crippen molar-refractivity contribution in [3.8, 4) is 0 Å².